The minimum Gasteiger partial charge on any atom is -0.207 e. The number of hydrogen-bond acceptors (Lipinski definition) is 2. The molecule has 0 saturated carbocycles. The van der Waals surface area contributed by atoms with Crippen LogP contribution >= 0.6 is 27.5 Å². The van der Waals surface area contributed by atoms with E-state index in [-0.39, 0.29) is 16.0 Å². The molecule has 1 aromatic carbocycles. The van der Waals surface area contributed by atoms with Crippen LogP contribution < -0.4 is 0 Å². The van der Waals surface area contributed by atoms with Crippen molar-refractivity contribution in [3.63, 3.8) is 0 Å². The fourth-order valence-corrected chi connectivity index (χ4v) is 5.92. The van der Waals surface area contributed by atoms with Gasteiger partial charge in [-0.15, -0.1) is 0 Å². The normalized spacial score (nSPS) is 25.5. The van der Waals surface area contributed by atoms with Crippen LogP contribution in [0.3, 0.4) is 0 Å². The molecule has 1 aromatic rings. The Kier molecular flexibility index (Phi) is 4.60. The summed E-state index contributed by atoms with van der Waals surface area (Å²) in [5.41, 5.74) is 0. The molecule has 6 heteroatoms. The SMILES string of the molecule is CC1CCN(S(=O)(=O)c2c(Cl)cccc2Br)C(C)C1. The first-order valence-electron chi connectivity index (χ1n) is 6.30. The van der Waals surface area contributed by atoms with E-state index < -0.39 is 10.0 Å². The van der Waals surface area contributed by atoms with Gasteiger partial charge in [0.25, 0.3) is 0 Å². The van der Waals surface area contributed by atoms with Crippen LogP contribution in [0.1, 0.15) is 26.7 Å². The van der Waals surface area contributed by atoms with Crippen molar-refractivity contribution in [3.05, 3.63) is 27.7 Å². The zero-order chi connectivity index (χ0) is 14.2. The van der Waals surface area contributed by atoms with Gasteiger partial charge in [0.1, 0.15) is 4.90 Å². The molecule has 2 atom stereocenters. The monoisotopic (exact) mass is 365 g/mol. The fourth-order valence-electron chi connectivity index (χ4n) is 2.59. The van der Waals surface area contributed by atoms with Crippen molar-refractivity contribution in [2.45, 2.75) is 37.6 Å². The Morgan fingerprint density at radius 3 is 2.63 bits per heavy atom. The molecule has 19 heavy (non-hydrogen) atoms. The molecule has 0 radical (unpaired) electrons. The minimum absolute atomic E-state index is 0.0110. The van der Waals surface area contributed by atoms with Gasteiger partial charge in [0.15, 0.2) is 0 Å². The summed E-state index contributed by atoms with van der Waals surface area (Å²) in [6.45, 7) is 4.67. The molecular weight excluding hydrogens is 350 g/mol. The molecule has 1 aliphatic rings. The van der Waals surface area contributed by atoms with E-state index in [9.17, 15) is 8.42 Å². The lowest BCUT2D eigenvalue weighted by molar-refractivity contribution is 0.220. The molecule has 1 aliphatic heterocycles. The topological polar surface area (TPSA) is 37.4 Å². The highest BCUT2D eigenvalue weighted by Gasteiger charge is 2.35. The molecule has 1 saturated heterocycles. The molecule has 0 N–H and O–H groups in total. The third kappa shape index (κ3) is 2.99. The first kappa shape index (κ1) is 15.3. The maximum Gasteiger partial charge on any atom is 0.245 e. The minimum atomic E-state index is -3.54. The van der Waals surface area contributed by atoms with Gasteiger partial charge in [-0.1, -0.05) is 24.6 Å². The van der Waals surface area contributed by atoms with Crippen molar-refractivity contribution in [3.8, 4) is 0 Å². The molecule has 1 fully saturated rings. The zero-order valence-electron chi connectivity index (χ0n) is 10.9. The van der Waals surface area contributed by atoms with Crippen LogP contribution in [-0.4, -0.2) is 25.3 Å². The molecule has 0 aliphatic carbocycles. The van der Waals surface area contributed by atoms with Crippen LogP contribution in [-0.2, 0) is 10.0 Å². The van der Waals surface area contributed by atoms with Gasteiger partial charge in [-0.3, -0.25) is 0 Å². The molecule has 3 nitrogen and oxygen atoms in total. The van der Waals surface area contributed by atoms with Gasteiger partial charge < -0.3 is 0 Å². The number of piperidine rings is 1. The Hall–Kier alpha value is -0.100. The fraction of sp³-hybridized carbons (Fsp3) is 0.538. The van der Waals surface area contributed by atoms with Crippen LogP contribution in [0.4, 0.5) is 0 Å². The highest BCUT2D eigenvalue weighted by Crippen LogP contribution is 2.35. The van der Waals surface area contributed by atoms with Crippen molar-refractivity contribution in [1.82, 2.24) is 4.31 Å². The number of benzene rings is 1. The average molecular weight is 367 g/mol. The summed E-state index contributed by atoms with van der Waals surface area (Å²) in [6, 6.07) is 5.05. The van der Waals surface area contributed by atoms with E-state index in [0.29, 0.717) is 16.9 Å². The molecule has 0 bridgehead atoms. The summed E-state index contributed by atoms with van der Waals surface area (Å²) in [4.78, 5) is 0.179. The van der Waals surface area contributed by atoms with E-state index in [1.54, 1.807) is 22.5 Å². The summed E-state index contributed by atoms with van der Waals surface area (Å²) < 4.78 is 27.6. The van der Waals surface area contributed by atoms with Gasteiger partial charge in [-0.2, -0.15) is 4.31 Å². The highest BCUT2D eigenvalue weighted by atomic mass is 79.9. The van der Waals surface area contributed by atoms with Crippen molar-refractivity contribution in [2.75, 3.05) is 6.54 Å². The zero-order valence-corrected chi connectivity index (χ0v) is 14.1. The molecule has 0 aromatic heterocycles. The predicted molar refractivity (Wildman–Crippen MR) is 80.9 cm³/mol. The largest absolute Gasteiger partial charge is 0.245 e. The summed E-state index contributed by atoms with van der Waals surface area (Å²) in [6.07, 6.45) is 1.78. The lowest BCUT2D eigenvalue weighted by Gasteiger charge is -2.35. The number of nitrogens with zero attached hydrogens (tertiary/aromatic N) is 1. The maximum absolute atomic E-state index is 12.8. The number of rotatable bonds is 2. The average Bonchev–Trinajstić information content (AvgIpc) is 2.27. The standard InChI is InChI=1S/C13H17BrClNO2S/c1-9-6-7-16(10(2)8-9)19(17,18)13-11(14)4-3-5-12(13)15/h3-5,9-10H,6-8H2,1-2H3. The maximum atomic E-state index is 12.8. The van der Waals surface area contributed by atoms with Crippen LogP contribution in [0.15, 0.2) is 27.6 Å². The Balaban J connectivity index is 2.43. The summed E-state index contributed by atoms with van der Waals surface area (Å²) in [7, 11) is -3.54. The number of halogens is 2. The number of hydrogen-bond donors (Lipinski definition) is 0. The Morgan fingerprint density at radius 1 is 1.37 bits per heavy atom. The third-order valence-corrected chi connectivity index (χ3v) is 7.03. The van der Waals surface area contributed by atoms with E-state index in [4.69, 9.17) is 11.6 Å². The molecule has 2 unspecified atom stereocenters. The van der Waals surface area contributed by atoms with E-state index >= 15 is 0 Å². The smallest absolute Gasteiger partial charge is 0.207 e. The van der Waals surface area contributed by atoms with Crippen LogP contribution in [0.25, 0.3) is 0 Å². The Bertz CT molecular complexity index is 556. The predicted octanol–water partition coefficient (Wildman–Crippen LogP) is 3.91. The highest BCUT2D eigenvalue weighted by molar-refractivity contribution is 9.10. The molecular formula is C13H17BrClNO2S. The van der Waals surface area contributed by atoms with E-state index in [1.165, 1.54) is 0 Å². The van der Waals surface area contributed by atoms with Gasteiger partial charge in [-0.05, 0) is 53.7 Å². The Labute approximate surface area is 128 Å². The van der Waals surface area contributed by atoms with Gasteiger partial charge >= 0.3 is 0 Å². The molecule has 0 spiro atoms. The summed E-state index contributed by atoms with van der Waals surface area (Å²) in [5.74, 6) is 0.566. The van der Waals surface area contributed by atoms with Crippen molar-refractivity contribution < 1.29 is 8.42 Å². The van der Waals surface area contributed by atoms with Gasteiger partial charge in [0, 0.05) is 17.1 Å². The third-order valence-electron chi connectivity index (χ3n) is 3.56. The quantitative estimate of drug-likeness (QED) is 0.795. The van der Waals surface area contributed by atoms with E-state index in [1.807, 2.05) is 6.92 Å². The second-order valence-corrected chi connectivity index (χ2v) is 8.23. The molecule has 0 amide bonds. The summed E-state index contributed by atoms with van der Waals surface area (Å²) in [5, 5.41) is 0.264. The second kappa shape index (κ2) is 5.72. The lowest BCUT2D eigenvalue weighted by Crippen LogP contribution is -2.44. The van der Waals surface area contributed by atoms with Gasteiger partial charge in [0.2, 0.25) is 10.0 Å². The lowest BCUT2D eigenvalue weighted by atomic mass is 9.95. The van der Waals surface area contributed by atoms with Gasteiger partial charge in [-0.25, -0.2) is 8.42 Å². The second-order valence-electron chi connectivity index (χ2n) is 5.15. The van der Waals surface area contributed by atoms with Crippen molar-refractivity contribution >= 4 is 37.6 Å². The first-order chi connectivity index (χ1) is 8.84. The first-order valence-corrected chi connectivity index (χ1v) is 8.91. The van der Waals surface area contributed by atoms with Gasteiger partial charge in [0.05, 0.1) is 5.02 Å². The van der Waals surface area contributed by atoms with Crippen LogP contribution in [0, 0.1) is 5.92 Å². The number of sulfonamides is 1. The van der Waals surface area contributed by atoms with Crippen molar-refractivity contribution in [1.29, 1.82) is 0 Å². The van der Waals surface area contributed by atoms with E-state index in [2.05, 4.69) is 22.9 Å². The Morgan fingerprint density at radius 2 is 2.05 bits per heavy atom. The molecule has 1 heterocycles. The van der Waals surface area contributed by atoms with Crippen LogP contribution in [0.5, 0.6) is 0 Å². The molecule has 2 rings (SSSR count). The van der Waals surface area contributed by atoms with Crippen molar-refractivity contribution in [2.24, 2.45) is 5.92 Å². The van der Waals surface area contributed by atoms with Crippen LogP contribution in [0.2, 0.25) is 5.02 Å². The summed E-state index contributed by atoms with van der Waals surface area (Å²) >= 11 is 9.36. The van der Waals surface area contributed by atoms with E-state index in [0.717, 1.165) is 12.8 Å². The molecule has 106 valence electrons.